The summed E-state index contributed by atoms with van der Waals surface area (Å²) >= 11 is 8.85. The molecule has 23 heavy (non-hydrogen) atoms. The van der Waals surface area contributed by atoms with Crippen LogP contribution in [0.3, 0.4) is 0 Å². The Labute approximate surface area is 160 Å². The van der Waals surface area contributed by atoms with Crippen LogP contribution in [0.5, 0.6) is 0 Å². The first-order valence-electron chi connectivity index (χ1n) is 6.91. The van der Waals surface area contributed by atoms with Crippen molar-refractivity contribution >= 4 is 65.0 Å². The molecule has 3 N–H and O–H groups in total. The largest absolute Gasteiger partial charge is 0.346 e. The minimum absolute atomic E-state index is 0. The lowest BCUT2D eigenvalue weighted by Crippen LogP contribution is -2.49. The fraction of sp³-hybridized carbons (Fsp3) is 0.429. The van der Waals surface area contributed by atoms with E-state index >= 15 is 0 Å². The van der Waals surface area contributed by atoms with E-state index in [1.807, 2.05) is 12.1 Å². The van der Waals surface area contributed by atoms with Crippen LogP contribution in [-0.4, -0.2) is 23.0 Å². The van der Waals surface area contributed by atoms with E-state index in [0.717, 1.165) is 39.9 Å². The summed E-state index contributed by atoms with van der Waals surface area (Å²) in [5.41, 5.74) is 6.51. The maximum Gasteiger partial charge on any atom is 0.271 e. The highest BCUT2D eigenvalue weighted by molar-refractivity contribution is 7.23. The summed E-state index contributed by atoms with van der Waals surface area (Å²) in [6, 6.07) is 3.87. The van der Waals surface area contributed by atoms with Crippen molar-refractivity contribution in [1.82, 2.24) is 10.3 Å². The van der Waals surface area contributed by atoms with E-state index in [-0.39, 0.29) is 42.8 Å². The molecule has 0 bridgehead atoms. The van der Waals surface area contributed by atoms with Crippen LogP contribution in [-0.2, 0) is 0 Å². The summed E-state index contributed by atoms with van der Waals surface area (Å²) in [4.78, 5) is 17.6. The number of nitrogens with one attached hydrogen (secondary N) is 1. The molecule has 128 valence electrons. The highest BCUT2D eigenvalue weighted by atomic mass is 35.5. The third-order valence-electron chi connectivity index (χ3n) is 3.66. The molecule has 1 aliphatic rings. The standard InChI is InChI=1S/C14H16ClN3OS2.2ClH/c15-12-6-5-11(21-12)14-18-10(7-20-14)13(19)17-9-4-2-1-3-8(9)16;;/h5-9H,1-4,16H2,(H,17,19);2*1H/t8-,9-;;/m1../s1. The number of hydrogen-bond acceptors (Lipinski definition) is 5. The van der Waals surface area contributed by atoms with Gasteiger partial charge in [-0.15, -0.1) is 47.5 Å². The van der Waals surface area contributed by atoms with Gasteiger partial charge in [-0.25, -0.2) is 4.98 Å². The summed E-state index contributed by atoms with van der Waals surface area (Å²) in [5.74, 6) is -0.137. The van der Waals surface area contributed by atoms with E-state index in [9.17, 15) is 4.79 Å². The Morgan fingerprint density at radius 3 is 2.70 bits per heavy atom. The highest BCUT2D eigenvalue weighted by Gasteiger charge is 2.24. The molecule has 4 nitrogen and oxygen atoms in total. The second kappa shape index (κ2) is 9.20. The van der Waals surface area contributed by atoms with Crippen molar-refractivity contribution in [2.45, 2.75) is 37.8 Å². The minimum Gasteiger partial charge on any atom is -0.346 e. The maximum atomic E-state index is 12.3. The number of carbonyl (C=O) groups excluding carboxylic acids is 1. The first-order valence-corrected chi connectivity index (χ1v) is 8.98. The SMILES string of the molecule is Cl.Cl.N[C@@H]1CCCC[C@H]1NC(=O)c1csc(-c2ccc(Cl)s2)n1. The van der Waals surface area contributed by atoms with Crippen molar-refractivity contribution < 1.29 is 4.79 Å². The van der Waals surface area contributed by atoms with E-state index in [4.69, 9.17) is 17.3 Å². The van der Waals surface area contributed by atoms with Gasteiger partial charge in [0, 0.05) is 17.5 Å². The number of hydrogen-bond donors (Lipinski definition) is 2. The molecule has 1 aliphatic carbocycles. The monoisotopic (exact) mass is 413 g/mol. The van der Waals surface area contributed by atoms with Gasteiger partial charge in [-0.3, -0.25) is 4.79 Å². The lowest BCUT2D eigenvalue weighted by molar-refractivity contribution is 0.0917. The number of carbonyl (C=O) groups is 1. The Hall–Kier alpha value is -0.370. The van der Waals surface area contributed by atoms with Crippen molar-refractivity contribution in [3.05, 3.63) is 27.5 Å². The number of nitrogens with two attached hydrogens (primary N) is 1. The normalized spacial score (nSPS) is 20.3. The first-order chi connectivity index (χ1) is 10.1. The van der Waals surface area contributed by atoms with Gasteiger partial charge < -0.3 is 11.1 Å². The van der Waals surface area contributed by atoms with E-state index in [2.05, 4.69) is 10.3 Å². The van der Waals surface area contributed by atoms with Gasteiger partial charge in [0.25, 0.3) is 5.91 Å². The second-order valence-electron chi connectivity index (χ2n) is 5.17. The van der Waals surface area contributed by atoms with Crippen molar-refractivity contribution in [3.63, 3.8) is 0 Å². The smallest absolute Gasteiger partial charge is 0.271 e. The molecular weight excluding hydrogens is 397 g/mol. The van der Waals surface area contributed by atoms with Gasteiger partial charge in [-0.1, -0.05) is 24.4 Å². The Balaban J connectivity index is 0.00000132. The molecule has 1 fully saturated rings. The van der Waals surface area contributed by atoms with Gasteiger partial charge in [0.2, 0.25) is 0 Å². The van der Waals surface area contributed by atoms with E-state index in [1.165, 1.54) is 22.7 Å². The zero-order valence-electron chi connectivity index (χ0n) is 12.2. The Morgan fingerprint density at radius 2 is 2.04 bits per heavy atom. The van der Waals surface area contributed by atoms with Gasteiger partial charge in [0.15, 0.2) is 0 Å². The third-order valence-corrected chi connectivity index (χ3v) is 5.90. The van der Waals surface area contributed by atoms with Crippen molar-refractivity contribution in [3.8, 4) is 9.88 Å². The van der Waals surface area contributed by atoms with Crippen LogP contribution >= 0.6 is 59.1 Å². The van der Waals surface area contributed by atoms with E-state index < -0.39 is 0 Å². The zero-order valence-corrected chi connectivity index (χ0v) is 16.2. The predicted octanol–water partition coefficient (Wildman–Crippen LogP) is 4.37. The topological polar surface area (TPSA) is 68.0 Å². The number of halogens is 3. The van der Waals surface area contributed by atoms with Crippen LogP contribution < -0.4 is 11.1 Å². The summed E-state index contributed by atoms with van der Waals surface area (Å²) < 4.78 is 0.722. The summed E-state index contributed by atoms with van der Waals surface area (Å²) in [5, 5.41) is 5.62. The molecule has 2 aromatic rings. The molecule has 0 spiro atoms. The van der Waals surface area contributed by atoms with Crippen LogP contribution in [0.15, 0.2) is 17.5 Å². The maximum absolute atomic E-state index is 12.3. The van der Waals surface area contributed by atoms with E-state index in [0.29, 0.717) is 5.69 Å². The molecule has 0 aromatic carbocycles. The first kappa shape index (κ1) is 20.7. The molecule has 1 amide bonds. The fourth-order valence-electron chi connectivity index (χ4n) is 2.50. The quantitative estimate of drug-likeness (QED) is 0.783. The number of aromatic nitrogens is 1. The predicted molar refractivity (Wildman–Crippen MR) is 103 cm³/mol. The Bertz CT molecular complexity index is 647. The zero-order chi connectivity index (χ0) is 14.8. The molecule has 2 heterocycles. The van der Waals surface area contributed by atoms with Gasteiger partial charge in [-0.05, 0) is 25.0 Å². The average molecular weight is 415 g/mol. The van der Waals surface area contributed by atoms with Crippen molar-refractivity contribution in [2.75, 3.05) is 0 Å². The molecule has 2 atom stereocenters. The molecule has 0 unspecified atom stereocenters. The molecule has 3 rings (SSSR count). The Morgan fingerprint density at radius 1 is 1.30 bits per heavy atom. The van der Waals surface area contributed by atoms with Gasteiger partial charge in [0.1, 0.15) is 10.7 Å². The van der Waals surface area contributed by atoms with Crippen LogP contribution in [0.25, 0.3) is 9.88 Å². The van der Waals surface area contributed by atoms with Crippen LogP contribution in [0.2, 0.25) is 4.34 Å². The summed E-state index contributed by atoms with van der Waals surface area (Å²) in [6.45, 7) is 0. The molecule has 2 aromatic heterocycles. The minimum atomic E-state index is -0.137. The van der Waals surface area contributed by atoms with Crippen molar-refractivity contribution in [1.29, 1.82) is 0 Å². The van der Waals surface area contributed by atoms with Gasteiger partial charge in [-0.2, -0.15) is 0 Å². The van der Waals surface area contributed by atoms with Crippen LogP contribution in [0, 0.1) is 0 Å². The third kappa shape index (κ3) is 5.05. The number of nitrogens with zero attached hydrogens (tertiary/aromatic N) is 1. The Kier molecular flexibility index (Phi) is 8.27. The number of thiazole rings is 1. The highest BCUT2D eigenvalue weighted by Crippen LogP contribution is 2.32. The molecule has 9 heteroatoms. The molecule has 0 saturated heterocycles. The van der Waals surface area contributed by atoms with Crippen LogP contribution in [0.1, 0.15) is 36.2 Å². The second-order valence-corrected chi connectivity index (χ2v) is 7.74. The van der Waals surface area contributed by atoms with Gasteiger partial charge >= 0.3 is 0 Å². The molecule has 0 aliphatic heterocycles. The van der Waals surface area contributed by atoms with E-state index in [1.54, 1.807) is 5.38 Å². The van der Waals surface area contributed by atoms with Crippen LogP contribution in [0.4, 0.5) is 0 Å². The fourth-order valence-corrected chi connectivity index (χ4v) is 4.42. The lowest BCUT2D eigenvalue weighted by Gasteiger charge is -2.28. The summed E-state index contributed by atoms with van der Waals surface area (Å²) in [7, 11) is 0. The molecule has 1 saturated carbocycles. The molecular formula is C14H18Cl3N3OS2. The average Bonchev–Trinajstić information content (AvgIpc) is 3.10. The molecule has 0 radical (unpaired) electrons. The number of thiophene rings is 1. The van der Waals surface area contributed by atoms with Crippen molar-refractivity contribution in [2.24, 2.45) is 5.73 Å². The number of amides is 1. The lowest BCUT2D eigenvalue weighted by atomic mass is 9.91. The number of rotatable bonds is 3. The van der Waals surface area contributed by atoms with Gasteiger partial charge in [0.05, 0.1) is 9.21 Å². The summed E-state index contributed by atoms with van der Waals surface area (Å²) in [6.07, 6.45) is 4.19.